The first-order chi connectivity index (χ1) is 12.2. The molecule has 1 aliphatic rings. The minimum atomic E-state index is -0.181. The maximum atomic E-state index is 12.0. The van der Waals surface area contributed by atoms with Crippen LogP contribution in [0.15, 0.2) is 66.0 Å². The highest BCUT2D eigenvalue weighted by atomic mass is 32.2. The molecule has 1 saturated heterocycles. The summed E-state index contributed by atoms with van der Waals surface area (Å²) in [7, 11) is 0. The maximum absolute atomic E-state index is 12.0. The van der Waals surface area contributed by atoms with Gasteiger partial charge in [0.05, 0.1) is 10.6 Å². The molecule has 122 valence electrons. The van der Waals surface area contributed by atoms with E-state index in [9.17, 15) is 4.79 Å². The van der Waals surface area contributed by atoms with E-state index in [2.05, 4.69) is 10.3 Å². The number of aromatic nitrogens is 3. The zero-order valence-electron chi connectivity index (χ0n) is 12.9. The fourth-order valence-electron chi connectivity index (χ4n) is 2.50. The molecule has 1 aliphatic heterocycles. The summed E-state index contributed by atoms with van der Waals surface area (Å²) in [5.41, 5.74) is 3.42. The van der Waals surface area contributed by atoms with Crippen molar-refractivity contribution in [3.8, 4) is 16.9 Å². The second-order valence-electron chi connectivity index (χ2n) is 5.31. The Morgan fingerprint density at radius 2 is 2.00 bits per heavy atom. The molecule has 1 aromatic carbocycles. The van der Waals surface area contributed by atoms with E-state index < -0.39 is 0 Å². The highest BCUT2D eigenvalue weighted by Gasteiger charge is 2.23. The quantitative estimate of drug-likeness (QED) is 0.570. The molecule has 0 radical (unpaired) electrons. The Kier molecular flexibility index (Phi) is 4.17. The molecule has 1 amide bonds. The van der Waals surface area contributed by atoms with Crippen LogP contribution in [0.5, 0.6) is 0 Å². The predicted molar refractivity (Wildman–Crippen MR) is 103 cm³/mol. The lowest BCUT2D eigenvalue weighted by molar-refractivity contribution is -0.115. The van der Waals surface area contributed by atoms with E-state index in [0.29, 0.717) is 9.23 Å². The molecular formula is C18H12N4OS2. The van der Waals surface area contributed by atoms with Crippen LogP contribution in [0.2, 0.25) is 0 Å². The Balaban J connectivity index is 1.84. The molecule has 0 bridgehead atoms. The minimum absolute atomic E-state index is 0.181. The summed E-state index contributed by atoms with van der Waals surface area (Å²) < 4.78 is 2.26. The second kappa shape index (κ2) is 6.62. The van der Waals surface area contributed by atoms with E-state index in [4.69, 9.17) is 17.3 Å². The molecule has 0 atom stereocenters. The van der Waals surface area contributed by atoms with Crippen molar-refractivity contribution < 1.29 is 4.79 Å². The van der Waals surface area contributed by atoms with Crippen molar-refractivity contribution in [1.29, 1.82) is 0 Å². The van der Waals surface area contributed by atoms with Gasteiger partial charge >= 0.3 is 0 Å². The molecule has 3 aromatic rings. The third-order valence-corrected chi connectivity index (χ3v) is 4.79. The number of rotatable bonds is 3. The maximum Gasteiger partial charge on any atom is 0.263 e. The van der Waals surface area contributed by atoms with E-state index in [-0.39, 0.29) is 5.91 Å². The van der Waals surface area contributed by atoms with Crippen molar-refractivity contribution in [2.24, 2.45) is 0 Å². The number of nitrogens with zero attached hydrogens (tertiary/aromatic N) is 3. The number of carbonyl (C=O) groups excluding carboxylic acids is 1. The molecule has 1 N–H and O–H groups in total. The van der Waals surface area contributed by atoms with Crippen LogP contribution in [0.4, 0.5) is 0 Å². The molecule has 7 heteroatoms. The Labute approximate surface area is 153 Å². The van der Waals surface area contributed by atoms with Gasteiger partial charge in [-0.1, -0.05) is 42.2 Å². The van der Waals surface area contributed by atoms with Crippen LogP contribution >= 0.6 is 24.0 Å². The summed E-state index contributed by atoms with van der Waals surface area (Å²) in [4.78, 5) is 16.7. The van der Waals surface area contributed by atoms with Crippen molar-refractivity contribution in [2.45, 2.75) is 0 Å². The topological polar surface area (TPSA) is 59.8 Å². The number of para-hydroxylation sites is 1. The molecule has 3 heterocycles. The van der Waals surface area contributed by atoms with Gasteiger partial charge in [0.2, 0.25) is 0 Å². The van der Waals surface area contributed by atoms with Crippen LogP contribution < -0.4 is 5.32 Å². The van der Waals surface area contributed by atoms with Gasteiger partial charge in [-0.2, -0.15) is 5.10 Å². The van der Waals surface area contributed by atoms with Gasteiger partial charge in [0.25, 0.3) is 5.91 Å². The largest absolute Gasteiger partial charge is 0.307 e. The smallest absolute Gasteiger partial charge is 0.263 e. The predicted octanol–water partition coefficient (Wildman–Crippen LogP) is 3.42. The molecule has 25 heavy (non-hydrogen) atoms. The monoisotopic (exact) mass is 364 g/mol. The number of pyridine rings is 1. The van der Waals surface area contributed by atoms with Crippen molar-refractivity contribution in [3.63, 3.8) is 0 Å². The molecule has 0 aliphatic carbocycles. The standard InChI is InChI=1S/C18H12N4OS2/c23-17-15(25-18(24)20-17)9-13-11-22(14-6-2-1-3-7-14)21-16(13)12-5-4-8-19-10-12/h1-11H,(H,20,23,24). The fraction of sp³-hybridized carbons (Fsp3) is 0. The van der Waals surface area contributed by atoms with Crippen molar-refractivity contribution >= 4 is 40.3 Å². The molecule has 0 unspecified atom stereocenters. The summed E-state index contributed by atoms with van der Waals surface area (Å²) in [6, 6.07) is 13.6. The minimum Gasteiger partial charge on any atom is -0.307 e. The third kappa shape index (κ3) is 3.24. The molecule has 0 spiro atoms. The Morgan fingerprint density at radius 3 is 2.68 bits per heavy atom. The van der Waals surface area contributed by atoms with Gasteiger partial charge in [-0.05, 0) is 30.3 Å². The SMILES string of the molecule is O=C1NC(=S)SC1=Cc1cn(-c2ccccc2)nc1-c1cccnc1. The number of nitrogens with one attached hydrogen (secondary N) is 1. The van der Waals surface area contributed by atoms with Gasteiger partial charge < -0.3 is 5.32 Å². The average Bonchev–Trinajstić information content (AvgIpc) is 3.20. The molecule has 0 saturated carbocycles. The van der Waals surface area contributed by atoms with Crippen molar-refractivity contribution in [3.05, 3.63) is 71.5 Å². The third-order valence-electron chi connectivity index (χ3n) is 3.63. The lowest BCUT2D eigenvalue weighted by Crippen LogP contribution is -2.17. The van der Waals surface area contributed by atoms with Crippen LogP contribution in [0, 0.1) is 0 Å². The lowest BCUT2D eigenvalue weighted by Gasteiger charge is -2.00. The number of thiocarbonyl (C=S) groups is 1. The van der Waals surface area contributed by atoms with Crippen molar-refractivity contribution in [1.82, 2.24) is 20.1 Å². The van der Waals surface area contributed by atoms with Gasteiger partial charge in [-0.15, -0.1) is 0 Å². The van der Waals surface area contributed by atoms with Crippen LogP contribution in [0.3, 0.4) is 0 Å². The van der Waals surface area contributed by atoms with Crippen molar-refractivity contribution in [2.75, 3.05) is 0 Å². The molecule has 4 rings (SSSR count). The van der Waals surface area contributed by atoms with E-state index in [1.54, 1.807) is 17.1 Å². The first-order valence-electron chi connectivity index (χ1n) is 7.51. The highest BCUT2D eigenvalue weighted by molar-refractivity contribution is 8.26. The Morgan fingerprint density at radius 1 is 1.16 bits per heavy atom. The van der Waals surface area contributed by atoms with Gasteiger partial charge in [-0.25, -0.2) is 4.68 Å². The summed E-state index contributed by atoms with van der Waals surface area (Å²) in [6.45, 7) is 0. The molecule has 1 fully saturated rings. The zero-order valence-corrected chi connectivity index (χ0v) is 14.6. The summed E-state index contributed by atoms with van der Waals surface area (Å²) in [5.74, 6) is -0.181. The van der Waals surface area contributed by atoms with Gasteiger partial charge in [0.1, 0.15) is 10.0 Å². The number of carbonyl (C=O) groups is 1. The first-order valence-corrected chi connectivity index (χ1v) is 8.73. The van der Waals surface area contributed by atoms with E-state index in [0.717, 1.165) is 22.5 Å². The molecule has 2 aromatic heterocycles. The molecular weight excluding hydrogens is 352 g/mol. The van der Waals surface area contributed by atoms with Gasteiger partial charge in [0.15, 0.2) is 0 Å². The normalized spacial score (nSPS) is 15.6. The fourth-order valence-corrected chi connectivity index (χ4v) is 3.53. The highest BCUT2D eigenvalue weighted by Crippen LogP contribution is 2.30. The van der Waals surface area contributed by atoms with Crippen LogP contribution in [-0.2, 0) is 4.79 Å². The molecule has 5 nitrogen and oxygen atoms in total. The number of hydrogen-bond acceptors (Lipinski definition) is 5. The summed E-state index contributed by atoms with van der Waals surface area (Å²) in [6.07, 6.45) is 7.19. The lowest BCUT2D eigenvalue weighted by atomic mass is 10.1. The van der Waals surface area contributed by atoms with Crippen LogP contribution in [-0.4, -0.2) is 25.0 Å². The van der Waals surface area contributed by atoms with E-state index in [1.165, 1.54) is 11.8 Å². The summed E-state index contributed by atoms with van der Waals surface area (Å²) >= 11 is 6.31. The van der Waals surface area contributed by atoms with Crippen LogP contribution in [0.25, 0.3) is 23.0 Å². The summed E-state index contributed by atoms with van der Waals surface area (Å²) in [5, 5.41) is 7.33. The number of amides is 1. The van der Waals surface area contributed by atoms with E-state index >= 15 is 0 Å². The Hall–Kier alpha value is -2.77. The second-order valence-corrected chi connectivity index (χ2v) is 7.03. The van der Waals surface area contributed by atoms with Gasteiger partial charge in [-0.3, -0.25) is 9.78 Å². The number of hydrogen-bond donors (Lipinski definition) is 1. The number of thioether (sulfide) groups is 1. The Bertz CT molecular complexity index is 981. The zero-order chi connectivity index (χ0) is 17.2. The van der Waals surface area contributed by atoms with Gasteiger partial charge in [0, 0.05) is 29.7 Å². The average molecular weight is 364 g/mol. The first kappa shape index (κ1) is 15.7. The number of benzene rings is 1. The van der Waals surface area contributed by atoms with Crippen LogP contribution in [0.1, 0.15) is 5.56 Å². The van der Waals surface area contributed by atoms with E-state index in [1.807, 2.05) is 54.7 Å².